The molecular formula is C22H26N4O6. The van der Waals surface area contributed by atoms with Gasteiger partial charge in [0, 0.05) is 12.1 Å². The standard InChI is InChI=1S/C22H26N4O6/c1-4-5-10-25-19(23)18(20(27)24-22(25)29)26(13-15-7-6-11-32-15)21(28)14-8-9-16(30-2)17(12-14)31-3/h6-9,11-12H,4-5,10,13,23H2,1-3H3,(H,24,27,29). The third-order valence-corrected chi connectivity index (χ3v) is 4.99. The molecule has 0 aliphatic rings. The fourth-order valence-corrected chi connectivity index (χ4v) is 3.31. The van der Waals surface area contributed by atoms with Crippen LogP contribution in [0.3, 0.4) is 0 Å². The Balaban J connectivity index is 2.15. The molecule has 0 saturated heterocycles. The van der Waals surface area contributed by atoms with Crippen LogP contribution in [0.5, 0.6) is 11.5 Å². The van der Waals surface area contributed by atoms with Crippen LogP contribution in [0.4, 0.5) is 11.5 Å². The second-order valence-electron chi connectivity index (χ2n) is 7.04. The molecule has 0 spiro atoms. The maximum atomic E-state index is 13.5. The predicted octanol–water partition coefficient (Wildman–Crippen LogP) is 2.38. The van der Waals surface area contributed by atoms with Crippen LogP contribution in [0, 0.1) is 0 Å². The number of benzene rings is 1. The number of unbranched alkanes of at least 4 members (excludes halogenated alkanes) is 1. The van der Waals surface area contributed by atoms with Gasteiger partial charge in [-0.25, -0.2) is 4.79 Å². The predicted molar refractivity (Wildman–Crippen MR) is 119 cm³/mol. The minimum atomic E-state index is -0.763. The highest BCUT2D eigenvalue weighted by Gasteiger charge is 2.27. The summed E-state index contributed by atoms with van der Waals surface area (Å²) in [6.07, 6.45) is 2.96. The molecule has 2 heterocycles. The number of hydrogen-bond donors (Lipinski definition) is 2. The Hall–Kier alpha value is -3.95. The number of nitrogens with two attached hydrogens (primary N) is 1. The second-order valence-corrected chi connectivity index (χ2v) is 7.04. The first-order valence-electron chi connectivity index (χ1n) is 10.1. The molecule has 3 aromatic rings. The van der Waals surface area contributed by atoms with Crippen LogP contribution in [0.2, 0.25) is 0 Å². The Bertz CT molecular complexity index is 1200. The number of nitrogens with zero attached hydrogens (tertiary/aromatic N) is 2. The van der Waals surface area contributed by atoms with Gasteiger partial charge in [-0.2, -0.15) is 0 Å². The Labute approximate surface area is 184 Å². The average molecular weight is 442 g/mol. The summed E-state index contributed by atoms with van der Waals surface area (Å²) in [6, 6.07) is 7.99. The van der Waals surface area contributed by atoms with Crippen LogP contribution in [-0.4, -0.2) is 29.7 Å². The molecule has 0 aliphatic carbocycles. The summed E-state index contributed by atoms with van der Waals surface area (Å²) in [6.45, 7) is 2.21. The number of H-pyrrole nitrogens is 1. The molecule has 0 radical (unpaired) electrons. The Morgan fingerprint density at radius 1 is 1.19 bits per heavy atom. The van der Waals surface area contributed by atoms with E-state index in [1.54, 1.807) is 24.3 Å². The molecule has 32 heavy (non-hydrogen) atoms. The third-order valence-electron chi connectivity index (χ3n) is 4.99. The molecule has 10 heteroatoms. The lowest BCUT2D eigenvalue weighted by Gasteiger charge is -2.24. The van der Waals surface area contributed by atoms with Crippen LogP contribution in [0.1, 0.15) is 35.9 Å². The number of amides is 1. The van der Waals surface area contributed by atoms with Crippen molar-refractivity contribution in [3.8, 4) is 11.5 Å². The van der Waals surface area contributed by atoms with Crippen LogP contribution < -0.4 is 31.4 Å². The summed E-state index contributed by atoms with van der Waals surface area (Å²) in [5.41, 5.74) is 4.97. The SMILES string of the molecule is CCCCn1c(N)c(N(Cc2ccco2)C(=O)c2ccc(OC)c(OC)c2)c(=O)[nH]c1=O. The number of aromatic amines is 1. The molecule has 1 amide bonds. The zero-order chi connectivity index (χ0) is 23.3. The fourth-order valence-electron chi connectivity index (χ4n) is 3.31. The molecule has 2 aromatic heterocycles. The Morgan fingerprint density at radius 2 is 1.94 bits per heavy atom. The minimum Gasteiger partial charge on any atom is -0.493 e. The van der Waals surface area contributed by atoms with Crippen molar-refractivity contribution in [2.45, 2.75) is 32.9 Å². The Morgan fingerprint density at radius 3 is 2.56 bits per heavy atom. The first-order valence-corrected chi connectivity index (χ1v) is 10.1. The molecule has 3 rings (SSSR count). The van der Waals surface area contributed by atoms with E-state index in [0.29, 0.717) is 30.2 Å². The van der Waals surface area contributed by atoms with E-state index in [-0.39, 0.29) is 23.6 Å². The van der Waals surface area contributed by atoms with Crippen molar-refractivity contribution in [3.63, 3.8) is 0 Å². The Kier molecular flexibility index (Phi) is 7.04. The molecule has 10 nitrogen and oxygen atoms in total. The first kappa shape index (κ1) is 22.7. The number of hydrogen-bond acceptors (Lipinski definition) is 7. The molecule has 0 fully saturated rings. The van der Waals surface area contributed by atoms with Gasteiger partial charge in [0.05, 0.1) is 27.0 Å². The van der Waals surface area contributed by atoms with Gasteiger partial charge in [-0.15, -0.1) is 0 Å². The number of aromatic nitrogens is 2. The van der Waals surface area contributed by atoms with Crippen molar-refractivity contribution in [1.82, 2.24) is 9.55 Å². The quantitative estimate of drug-likeness (QED) is 0.520. The normalized spacial score (nSPS) is 10.7. The molecule has 170 valence electrons. The average Bonchev–Trinajstić information content (AvgIpc) is 3.30. The van der Waals surface area contributed by atoms with E-state index in [1.807, 2.05) is 6.92 Å². The van der Waals surface area contributed by atoms with Gasteiger partial charge in [0.15, 0.2) is 17.2 Å². The van der Waals surface area contributed by atoms with Crippen LogP contribution in [0.25, 0.3) is 0 Å². The molecule has 0 unspecified atom stereocenters. The summed E-state index contributed by atoms with van der Waals surface area (Å²) >= 11 is 0. The van der Waals surface area contributed by atoms with Gasteiger partial charge < -0.3 is 19.6 Å². The maximum Gasteiger partial charge on any atom is 0.330 e. The van der Waals surface area contributed by atoms with E-state index in [0.717, 1.165) is 6.42 Å². The lowest BCUT2D eigenvalue weighted by atomic mass is 10.1. The number of carbonyl (C=O) groups is 1. The van der Waals surface area contributed by atoms with Gasteiger partial charge in [0.1, 0.15) is 11.6 Å². The third kappa shape index (κ3) is 4.53. The van der Waals surface area contributed by atoms with Gasteiger partial charge in [-0.1, -0.05) is 13.3 Å². The summed E-state index contributed by atoms with van der Waals surface area (Å²) in [7, 11) is 2.95. The van der Waals surface area contributed by atoms with Crippen molar-refractivity contribution >= 4 is 17.4 Å². The topological polar surface area (TPSA) is 133 Å². The number of rotatable bonds is 9. The number of carbonyl (C=O) groups excluding carboxylic acids is 1. The number of furan rings is 1. The second kappa shape index (κ2) is 9.90. The van der Waals surface area contributed by atoms with E-state index in [9.17, 15) is 14.4 Å². The molecule has 1 aromatic carbocycles. The highest BCUT2D eigenvalue weighted by atomic mass is 16.5. The maximum absolute atomic E-state index is 13.5. The monoisotopic (exact) mass is 442 g/mol. The van der Waals surface area contributed by atoms with Gasteiger partial charge in [-0.3, -0.25) is 24.0 Å². The minimum absolute atomic E-state index is 0.0700. The van der Waals surface area contributed by atoms with E-state index >= 15 is 0 Å². The van der Waals surface area contributed by atoms with Gasteiger partial charge in [0.2, 0.25) is 0 Å². The lowest BCUT2D eigenvalue weighted by molar-refractivity contribution is 0.0982. The van der Waals surface area contributed by atoms with Crippen molar-refractivity contribution < 1.29 is 18.7 Å². The van der Waals surface area contributed by atoms with E-state index in [1.165, 1.54) is 36.0 Å². The number of methoxy groups -OCH3 is 2. The summed E-state index contributed by atoms with van der Waals surface area (Å²) in [5.74, 6) is 0.620. The van der Waals surface area contributed by atoms with Crippen molar-refractivity contribution in [2.75, 3.05) is 24.9 Å². The van der Waals surface area contributed by atoms with Crippen LogP contribution in [-0.2, 0) is 13.1 Å². The molecule has 0 saturated carbocycles. The highest BCUT2D eigenvalue weighted by molar-refractivity contribution is 6.07. The van der Waals surface area contributed by atoms with Crippen molar-refractivity contribution in [3.05, 3.63) is 68.8 Å². The van der Waals surface area contributed by atoms with Crippen molar-refractivity contribution in [1.29, 1.82) is 0 Å². The summed E-state index contributed by atoms with van der Waals surface area (Å²) < 4.78 is 17.2. The van der Waals surface area contributed by atoms with Gasteiger partial charge in [-0.05, 0) is 36.8 Å². The number of nitrogen functional groups attached to an aromatic ring is 1. The van der Waals surface area contributed by atoms with Crippen LogP contribution in [0.15, 0.2) is 50.6 Å². The molecule has 0 bridgehead atoms. The fraction of sp³-hybridized carbons (Fsp3) is 0.318. The molecule has 3 N–H and O–H groups in total. The zero-order valence-electron chi connectivity index (χ0n) is 18.2. The van der Waals surface area contributed by atoms with Gasteiger partial charge >= 0.3 is 5.69 Å². The number of nitrogens with one attached hydrogen (secondary N) is 1. The first-order chi connectivity index (χ1) is 15.4. The van der Waals surface area contributed by atoms with E-state index in [4.69, 9.17) is 19.6 Å². The van der Waals surface area contributed by atoms with Crippen molar-refractivity contribution in [2.24, 2.45) is 0 Å². The summed E-state index contributed by atoms with van der Waals surface area (Å²) in [4.78, 5) is 42.1. The number of ether oxygens (including phenoxy) is 2. The van der Waals surface area contributed by atoms with Gasteiger partial charge in [0.25, 0.3) is 11.5 Å². The molecule has 0 aliphatic heterocycles. The highest BCUT2D eigenvalue weighted by Crippen LogP contribution is 2.29. The largest absolute Gasteiger partial charge is 0.493 e. The summed E-state index contributed by atoms with van der Waals surface area (Å²) in [5, 5.41) is 0. The molecule has 0 atom stereocenters. The smallest absolute Gasteiger partial charge is 0.330 e. The van der Waals surface area contributed by atoms with E-state index in [2.05, 4.69) is 4.98 Å². The lowest BCUT2D eigenvalue weighted by Crippen LogP contribution is -2.41. The zero-order valence-corrected chi connectivity index (χ0v) is 18.2. The van der Waals surface area contributed by atoms with Crippen LogP contribution >= 0.6 is 0 Å². The molecular weight excluding hydrogens is 416 g/mol. The van der Waals surface area contributed by atoms with E-state index < -0.39 is 17.2 Å². The number of anilines is 2.